The Morgan fingerprint density at radius 2 is 2.11 bits per heavy atom. The molecule has 0 saturated carbocycles. The fourth-order valence-corrected chi connectivity index (χ4v) is 3.23. The minimum Gasteiger partial charge on any atom is -0.453 e. The standard InChI is InChI=1S/C15H22F3N5O2S.HI/c1-3-19-13(20-8-12-22-11(9-26-12)15(16,17)18)21-10-4-6-23(7-5-10)14(24)25-2;/h9-10H,3-8H2,1-2H3,(H2,19,20,21);1H. The number of halogens is 4. The molecule has 0 radical (unpaired) electrons. The summed E-state index contributed by atoms with van der Waals surface area (Å²) < 4.78 is 42.5. The van der Waals surface area contributed by atoms with Gasteiger partial charge in [0.2, 0.25) is 0 Å². The van der Waals surface area contributed by atoms with Crippen LogP contribution in [-0.4, -0.2) is 54.7 Å². The van der Waals surface area contributed by atoms with Crippen LogP contribution in [0.25, 0.3) is 0 Å². The number of alkyl halides is 3. The number of methoxy groups -OCH3 is 1. The van der Waals surface area contributed by atoms with Crippen molar-refractivity contribution in [3.05, 3.63) is 16.1 Å². The fourth-order valence-electron chi connectivity index (χ4n) is 2.51. The number of ether oxygens (including phenoxy) is 1. The molecule has 7 nitrogen and oxygen atoms in total. The van der Waals surface area contributed by atoms with Gasteiger partial charge in [-0.3, -0.25) is 0 Å². The van der Waals surface area contributed by atoms with Crippen molar-refractivity contribution >= 4 is 47.4 Å². The van der Waals surface area contributed by atoms with E-state index in [2.05, 4.69) is 20.6 Å². The van der Waals surface area contributed by atoms with Gasteiger partial charge in [-0.25, -0.2) is 14.8 Å². The summed E-state index contributed by atoms with van der Waals surface area (Å²) in [6.45, 7) is 3.74. The van der Waals surface area contributed by atoms with Crippen LogP contribution in [0, 0.1) is 0 Å². The Morgan fingerprint density at radius 1 is 1.44 bits per heavy atom. The minimum atomic E-state index is -4.44. The Morgan fingerprint density at radius 3 is 2.63 bits per heavy atom. The summed E-state index contributed by atoms with van der Waals surface area (Å²) in [5.74, 6) is 0.521. The van der Waals surface area contributed by atoms with Crippen molar-refractivity contribution in [3.63, 3.8) is 0 Å². The number of carbonyl (C=O) groups is 1. The molecular weight excluding hydrogens is 498 g/mol. The Balaban J connectivity index is 0.00000364. The Bertz CT molecular complexity index is 633. The number of guanidine groups is 1. The summed E-state index contributed by atoms with van der Waals surface area (Å²) in [5, 5.41) is 7.62. The van der Waals surface area contributed by atoms with Crippen LogP contribution in [-0.2, 0) is 17.5 Å². The minimum absolute atomic E-state index is 0. The van der Waals surface area contributed by atoms with Crippen LogP contribution in [0.5, 0.6) is 0 Å². The topological polar surface area (TPSA) is 78.9 Å². The normalized spacial score (nSPS) is 15.9. The Kier molecular flexibility index (Phi) is 9.56. The van der Waals surface area contributed by atoms with Crippen molar-refractivity contribution in [3.8, 4) is 0 Å². The lowest BCUT2D eigenvalue weighted by Crippen LogP contribution is -2.49. The average Bonchev–Trinajstić information content (AvgIpc) is 3.09. The largest absolute Gasteiger partial charge is 0.453 e. The molecule has 154 valence electrons. The Labute approximate surface area is 176 Å². The third-order valence-corrected chi connectivity index (χ3v) is 4.66. The van der Waals surface area contributed by atoms with E-state index >= 15 is 0 Å². The highest BCUT2D eigenvalue weighted by atomic mass is 127. The van der Waals surface area contributed by atoms with E-state index in [0.29, 0.717) is 30.6 Å². The van der Waals surface area contributed by atoms with Crippen molar-refractivity contribution in [2.75, 3.05) is 26.7 Å². The van der Waals surface area contributed by atoms with Crippen LogP contribution in [0.2, 0.25) is 0 Å². The molecule has 0 aromatic carbocycles. The maximum Gasteiger partial charge on any atom is 0.434 e. The summed E-state index contributed by atoms with van der Waals surface area (Å²) in [6.07, 6.45) is -3.31. The number of hydrogen-bond donors (Lipinski definition) is 2. The lowest BCUT2D eigenvalue weighted by atomic mass is 10.1. The van der Waals surface area contributed by atoms with Gasteiger partial charge in [-0.2, -0.15) is 13.2 Å². The maximum atomic E-state index is 12.6. The second-order valence-electron chi connectivity index (χ2n) is 5.70. The van der Waals surface area contributed by atoms with Crippen molar-refractivity contribution < 1.29 is 22.7 Å². The van der Waals surface area contributed by atoms with E-state index in [4.69, 9.17) is 4.74 Å². The summed E-state index contributed by atoms with van der Waals surface area (Å²) >= 11 is 0.937. The molecule has 1 aromatic heterocycles. The number of piperidine rings is 1. The lowest BCUT2D eigenvalue weighted by molar-refractivity contribution is -0.140. The number of nitrogens with zero attached hydrogens (tertiary/aromatic N) is 3. The molecule has 0 atom stereocenters. The monoisotopic (exact) mass is 521 g/mol. The highest BCUT2D eigenvalue weighted by Crippen LogP contribution is 2.30. The molecule has 2 rings (SSSR count). The molecule has 0 unspecified atom stereocenters. The van der Waals surface area contributed by atoms with Crippen molar-refractivity contribution in [1.29, 1.82) is 0 Å². The summed E-state index contributed by atoms with van der Waals surface area (Å²) in [4.78, 5) is 21.0. The number of carbonyl (C=O) groups excluding carboxylic acids is 1. The van der Waals surface area contributed by atoms with E-state index in [1.807, 2.05) is 6.92 Å². The van der Waals surface area contributed by atoms with Gasteiger partial charge < -0.3 is 20.3 Å². The zero-order chi connectivity index (χ0) is 19.2. The fraction of sp³-hybridized carbons (Fsp3) is 0.667. The van der Waals surface area contributed by atoms with Crippen molar-refractivity contribution in [2.24, 2.45) is 4.99 Å². The van der Waals surface area contributed by atoms with Gasteiger partial charge in [-0.1, -0.05) is 0 Å². The van der Waals surface area contributed by atoms with Crippen LogP contribution in [0.1, 0.15) is 30.5 Å². The number of hydrogen-bond acceptors (Lipinski definition) is 5. The summed E-state index contributed by atoms with van der Waals surface area (Å²) in [7, 11) is 1.35. The molecule has 0 spiro atoms. The van der Waals surface area contributed by atoms with E-state index < -0.39 is 11.9 Å². The molecule has 1 aliphatic rings. The molecule has 0 aliphatic carbocycles. The van der Waals surface area contributed by atoms with Gasteiger partial charge in [0.15, 0.2) is 11.7 Å². The highest BCUT2D eigenvalue weighted by Gasteiger charge is 2.33. The van der Waals surface area contributed by atoms with E-state index in [1.54, 1.807) is 4.90 Å². The third-order valence-electron chi connectivity index (χ3n) is 3.83. The first kappa shape index (κ1) is 23.7. The van der Waals surface area contributed by atoms with Gasteiger partial charge in [0.25, 0.3) is 0 Å². The molecule has 0 bridgehead atoms. The van der Waals surface area contributed by atoms with E-state index in [1.165, 1.54) is 7.11 Å². The molecule has 1 amide bonds. The van der Waals surface area contributed by atoms with E-state index in [-0.39, 0.29) is 42.7 Å². The zero-order valence-corrected chi connectivity index (χ0v) is 18.2. The number of rotatable bonds is 4. The van der Waals surface area contributed by atoms with Crippen LogP contribution in [0.15, 0.2) is 10.4 Å². The van der Waals surface area contributed by atoms with Gasteiger partial charge in [-0.15, -0.1) is 35.3 Å². The average molecular weight is 521 g/mol. The van der Waals surface area contributed by atoms with Crippen LogP contribution < -0.4 is 10.6 Å². The molecule has 27 heavy (non-hydrogen) atoms. The lowest BCUT2D eigenvalue weighted by Gasteiger charge is -2.32. The predicted octanol–water partition coefficient (Wildman–Crippen LogP) is 3.07. The number of nitrogens with one attached hydrogen (secondary N) is 2. The van der Waals surface area contributed by atoms with Crippen LogP contribution in [0.4, 0.5) is 18.0 Å². The molecule has 1 fully saturated rings. The van der Waals surface area contributed by atoms with Gasteiger partial charge >= 0.3 is 12.3 Å². The second kappa shape index (κ2) is 10.9. The highest BCUT2D eigenvalue weighted by molar-refractivity contribution is 14.0. The predicted molar refractivity (Wildman–Crippen MR) is 107 cm³/mol. The molecule has 12 heteroatoms. The molecular formula is C15H23F3IN5O2S. The molecule has 1 saturated heterocycles. The van der Waals surface area contributed by atoms with Crippen molar-refractivity contribution in [2.45, 2.75) is 38.5 Å². The van der Waals surface area contributed by atoms with Gasteiger partial charge in [0.05, 0.1) is 13.7 Å². The Hall–Kier alpha value is -1.31. The van der Waals surface area contributed by atoms with Gasteiger partial charge in [0, 0.05) is 31.1 Å². The van der Waals surface area contributed by atoms with E-state index in [0.717, 1.165) is 29.6 Å². The summed E-state index contributed by atoms with van der Waals surface area (Å²) in [5.41, 5.74) is -0.888. The number of thiazole rings is 1. The number of aliphatic imine (C=N–C) groups is 1. The number of likely N-dealkylation sites (tertiary alicyclic amines) is 1. The van der Waals surface area contributed by atoms with Gasteiger partial charge in [0.1, 0.15) is 5.01 Å². The SMILES string of the molecule is CCNC(=NCc1nc(C(F)(F)F)cs1)NC1CCN(C(=O)OC)CC1.I. The van der Waals surface area contributed by atoms with E-state index in [9.17, 15) is 18.0 Å². The number of aromatic nitrogens is 1. The van der Waals surface area contributed by atoms with Crippen LogP contribution >= 0.6 is 35.3 Å². The number of amides is 1. The first-order valence-corrected chi connectivity index (χ1v) is 9.10. The maximum absolute atomic E-state index is 12.6. The van der Waals surface area contributed by atoms with Gasteiger partial charge in [-0.05, 0) is 19.8 Å². The molecule has 1 aliphatic heterocycles. The smallest absolute Gasteiger partial charge is 0.434 e. The third kappa shape index (κ3) is 7.31. The van der Waals surface area contributed by atoms with Crippen molar-refractivity contribution in [1.82, 2.24) is 20.5 Å². The quantitative estimate of drug-likeness (QED) is 0.362. The summed E-state index contributed by atoms with van der Waals surface area (Å²) in [6, 6.07) is 0.121. The van der Waals surface area contributed by atoms with Crippen LogP contribution in [0.3, 0.4) is 0 Å². The first-order chi connectivity index (χ1) is 12.3. The zero-order valence-electron chi connectivity index (χ0n) is 15.0. The molecule has 2 N–H and O–H groups in total. The first-order valence-electron chi connectivity index (χ1n) is 8.22. The second-order valence-corrected chi connectivity index (χ2v) is 6.64. The molecule has 1 aromatic rings. The molecule has 2 heterocycles.